The van der Waals surface area contributed by atoms with E-state index in [0.29, 0.717) is 23.8 Å². The summed E-state index contributed by atoms with van der Waals surface area (Å²) in [6.07, 6.45) is 4.56. The van der Waals surface area contributed by atoms with Gasteiger partial charge in [-0.1, -0.05) is 6.92 Å². The average molecular weight is 278 g/mol. The zero-order chi connectivity index (χ0) is 14.1. The average Bonchev–Trinajstić information content (AvgIpc) is 2.71. The van der Waals surface area contributed by atoms with E-state index in [1.807, 2.05) is 6.07 Å². The highest BCUT2D eigenvalue weighted by atomic mass is 19.1. The van der Waals surface area contributed by atoms with Gasteiger partial charge in [-0.3, -0.25) is 0 Å². The van der Waals surface area contributed by atoms with Gasteiger partial charge in [0.15, 0.2) is 0 Å². The first kappa shape index (κ1) is 13.7. The van der Waals surface area contributed by atoms with Gasteiger partial charge in [0.2, 0.25) is 0 Å². The predicted octanol–water partition coefficient (Wildman–Crippen LogP) is 2.94. The molecule has 0 radical (unpaired) electrons. The molecule has 4 heteroatoms. The molecule has 20 heavy (non-hydrogen) atoms. The van der Waals surface area contributed by atoms with E-state index in [1.54, 1.807) is 13.2 Å². The monoisotopic (exact) mass is 278 g/mol. The molecule has 1 aromatic carbocycles. The van der Waals surface area contributed by atoms with Crippen molar-refractivity contribution >= 4 is 5.69 Å². The van der Waals surface area contributed by atoms with Gasteiger partial charge in [0.1, 0.15) is 11.6 Å². The van der Waals surface area contributed by atoms with Crippen LogP contribution >= 0.6 is 0 Å². The molecule has 2 unspecified atom stereocenters. The van der Waals surface area contributed by atoms with Crippen LogP contribution in [0.25, 0.3) is 0 Å². The lowest BCUT2D eigenvalue weighted by Crippen LogP contribution is -2.49. The normalized spacial score (nSPS) is 28.8. The summed E-state index contributed by atoms with van der Waals surface area (Å²) in [6, 6.07) is 6.55. The molecule has 0 spiro atoms. The number of hydrogen-bond acceptors (Lipinski definition) is 3. The molecule has 2 atom stereocenters. The van der Waals surface area contributed by atoms with Crippen molar-refractivity contribution in [2.24, 2.45) is 0 Å². The van der Waals surface area contributed by atoms with Crippen molar-refractivity contribution in [1.29, 1.82) is 0 Å². The Hall–Kier alpha value is -1.29. The fourth-order valence-corrected chi connectivity index (χ4v) is 3.84. The fourth-order valence-electron chi connectivity index (χ4n) is 3.84. The van der Waals surface area contributed by atoms with Crippen LogP contribution < -0.4 is 15.0 Å². The Bertz CT molecular complexity index is 466. The van der Waals surface area contributed by atoms with Crippen molar-refractivity contribution < 1.29 is 9.13 Å². The predicted molar refractivity (Wildman–Crippen MR) is 78.9 cm³/mol. The van der Waals surface area contributed by atoms with Crippen molar-refractivity contribution in [3.05, 3.63) is 24.0 Å². The highest BCUT2D eigenvalue weighted by Gasteiger charge is 2.41. The molecule has 3 nitrogen and oxygen atoms in total. The SMILES string of the molecule is CCNC1CC2CCC(C1)N2c1cc(OC)ccc1F. The number of hydrogen-bond donors (Lipinski definition) is 1. The van der Waals surface area contributed by atoms with E-state index < -0.39 is 0 Å². The molecule has 0 aromatic heterocycles. The van der Waals surface area contributed by atoms with Crippen LogP contribution in [0, 0.1) is 5.82 Å². The van der Waals surface area contributed by atoms with Gasteiger partial charge in [-0.05, 0) is 44.4 Å². The molecule has 2 heterocycles. The van der Waals surface area contributed by atoms with Crippen LogP contribution in [0.2, 0.25) is 0 Å². The number of fused-ring (bicyclic) bond motifs is 2. The number of anilines is 1. The van der Waals surface area contributed by atoms with Crippen molar-refractivity contribution in [3.63, 3.8) is 0 Å². The summed E-state index contributed by atoms with van der Waals surface area (Å²) in [5.41, 5.74) is 0.715. The second-order valence-corrected chi connectivity index (χ2v) is 5.84. The number of halogens is 1. The number of ether oxygens (including phenoxy) is 1. The lowest BCUT2D eigenvalue weighted by Gasteiger charge is -2.41. The van der Waals surface area contributed by atoms with Crippen molar-refractivity contribution in [3.8, 4) is 5.75 Å². The number of nitrogens with zero attached hydrogens (tertiary/aromatic N) is 1. The molecule has 2 saturated heterocycles. The van der Waals surface area contributed by atoms with Gasteiger partial charge in [-0.15, -0.1) is 0 Å². The minimum absolute atomic E-state index is 0.135. The van der Waals surface area contributed by atoms with Crippen molar-refractivity contribution in [2.75, 3.05) is 18.6 Å². The molecule has 2 bridgehead atoms. The minimum atomic E-state index is -0.135. The van der Waals surface area contributed by atoms with Crippen LogP contribution in [-0.4, -0.2) is 31.8 Å². The van der Waals surface area contributed by atoms with Crippen LogP contribution in [-0.2, 0) is 0 Å². The topological polar surface area (TPSA) is 24.5 Å². The number of nitrogens with one attached hydrogen (secondary N) is 1. The molecule has 1 N–H and O–H groups in total. The maximum absolute atomic E-state index is 14.2. The van der Waals surface area contributed by atoms with Crippen LogP contribution in [0.3, 0.4) is 0 Å². The molecule has 2 aliphatic rings. The summed E-state index contributed by atoms with van der Waals surface area (Å²) in [5.74, 6) is 0.596. The summed E-state index contributed by atoms with van der Waals surface area (Å²) in [7, 11) is 1.63. The standard InChI is InChI=1S/C16H23FN2O/c1-3-18-11-8-12-4-5-13(9-11)19(12)16-10-14(20-2)6-7-15(16)17/h6-7,10-13,18H,3-5,8-9H2,1-2H3. The Kier molecular flexibility index (Phi) is 3.83. The molecule has 0 saturated carbocycles. The molecule has 2 aliphatic heterocycles. The lowest BCUT2D eigenvalue weighted by molar-refractivity contribution is 0.358. The maximum Gasteiger partial charge on any atom is 0.146 e. The van der Waals surface area contributed by atoms with Gasteiger partial charge in [0.25, 0.3) is 0 Å². The highest BCUT2D eigenvalue weighted by molar-refractivity contribution is 5.55. The number of benzene rings is 1. The van der Waals surface area contributed by atoms with Gasteiger partial charge in [0, 0.05) is 24.2 Å². The van der Waals surface area contributed by atoms with Crippen LogP contribution in [0.15, 0.2) is 18.2 Å². The van der Waals surface area contributed by atoms with E-state index in [2.05, 4.69) is 17.1 Å². The number of methoxy groups -OCH3 is 1. The Morgan fingerprint density at radius 2 is 2.00 bits per heavy atom. The maximum atomic E-state index is 14.2. The van der Waals surface area contributed by atoms with Gasteiger partial charge < -0.3 is 15.0 Å². The van der Waals surface area contributed by atoms with E-state index in [4.69, 9.17) is 4.74 Å². The van der Waals surface area contributed by atoms with E-state index in [1.165, 1.54) is 18.9 Å². The zero-order valence-electron chi connectivity index (χ0n) is 12.2. The highest BCUT2D eigenvalue weighted by Crippen LogP contribution is 2.41. The number of piperidine rings is 1. The molecule has 2 fully saturated rings. The fraction of sp³-hybridized carbons (Fsp3) is 0.625. The Balaban J connectivity index is 1.85. The Morgan fingerprint density at radius 3 is 2.60 bits per heavy atom. The molecular formula is C16H23FN2O. The first-order valence-electron chi connectivity index (χ1n) is 7.58. The summed E-state index contributed by atoms with van der Waals surface area (Å²) in [6.45, 7) is 3.16. The molecule has 0 amide bonds. The molecular weight excluding hydrogens is 255 g/mol. The molecule has 3 rings (SSSR count). The summed E-state index contributed by atoms with van der Waals surface area (Å²) in [5, 5.41) is 3.55. The zero-order valence-corrected chi connectivity index (χ0v) is 12.2. The number of rotatable bonds is 4. The van der Waals surface area contributed by atoms with E-state index in [-0.39, 0.29) is 5.82 Å². The minimum Gasteiger partial charge on any atom is -0.497 e. The molecule has 0 aliphatic carbocycles. The quantitative estimate of drug-likeness (QED) is 0.916. The summed E-state index contributed by atoms with van der Waals surface area (Å²) in [4.78, 5) is 2.30. The second kappa shape index (κ2) is 5.60. The van der Waals surface area contributed by atoms with E-state index in [9.17, 15) is 4.39 Å². The van der Waals surface area contributed by atoms with Crippen LogP contribution in [0.5, 0.6) is 5.75 Å². The van der Waals surface area contributed by atoms with Gasteiger partial charge >= 0.3 is 0 Å². The smallest absolute Gasteiger partial charge is 0.146 e. The van der Waals surface area contributed by atoms with Gasteiger partial charge in [-0.2, -0.15) is 0 Å². The van der Waals surface area contributed by atoms with Crippen LogP contribution in [0.4, 0.5) is 10.1 Å². The second-order valence-electron chi connectivity index (χ2n) is 5.84. The third-order valence-electron chi connectivity index (χ3n) is 4.66. The Morgan fingerprint density at radius 1 is 1.30 bits per heavy atom. The van der Waals surface area contributed by atoms with Crippen molar-refractivity contribution in [2.45, 2.75) is 50.7 Å². The van der Waals surface area contributed by atoms with Gasteiger partial charge in [0.05, 0.1) is 12.8 Å². The Labute approximate surface area is 120 Å². The third-order valence-corrected chi connectivity index (χ3v) is 4.66. The van der Waals surface area contributed by atoms with Gasteiger partial charge in [-0.25, -0.2) is 4.39 Å². The summed E-state index contributed by atoms with van der Waals surface area (Å²) < 4.78 is 19.4. The first-order valence-corrected chi connectivity index (χ1v) is 7.58. The van der Waals surface area contributed by atoms with E-state index in [0.717, 1.165) is 25.1 Å². The van der Waals surface area contributed by atoms with Crippen LogP contribution in [0.1, 0.15) is 32.6 Å². The lowest BCUT2D eigenvalue weighted by atomic mass is 9.96. The molecule has 1 aromatic rings. The van der Waals surface area contributed by atoms with Crippen molar-refractivity contribution in [1.82, 2.24) is 5.32 Å². The third kappa shape index (κ3) is 2.37. The first-order chi connectivity index (χ1) is 9.72. The molecule has 110 valence electrons. The van der Waals surface area contributed by atoms with E-state index >= 15 is 0 Å². The summed E-state index contributed by atoms with van der Waals surface area (Å²) >= 11 is 0. The largest absolute Gasteiger partial charge is 0.497 e.